The molecule has 6 rings (SSSR count). The van der Waals surface area contributed by atoms with Crippen molar-refractivity contribution in [3.8, 4) is 22.9 Å². The normalized spacial score (nSPS) is 18.4. The molecule has 0 fully saturated rings. The van der Waals surface area contributed by atoms with Gasteiger partial charge in [-0.2, -0.15) is 4.98 Å². The third kappa shape index (κ3) is 3.54. The van der Waals surface area contributed by atoms with Gasteiger partial charge in [-0.05, 0) is 40.8 Å². The molecule has 1 unspecified atom stereocenters. The molecule has 0 amide bonds. The number of rotatable bonds is 4. The van der Waals surface area contributed by atoms with E-state index in [4.69, 9.17) is 19.6 Å². The molecule has 1 atom stereocenters. The van der Waals surface area contributed by atoms with Gasteiger partial charge >= 0.3 is 0 Å². The summed E-state index contributed by atoms with van der Waals surface area (Å²) in [6.45, 7) is 4.25. The predicted molar refractivity (Wildman–Crippen MR) is 139 cm³/mol. The van der Waals surface area contributed by atoms with Crippen molar-refractivity contribution in [1.29, 1.82) is 0 Å². The Morgan fingerprint density at radius 2 is 1.81 bits per heavy atom. The van der Waals surface area contributed by atoms with E-state index in [2.05, 4.69) is 37.4 Å². The van der Waals surface area contributed by atoms with Crippen LogP contribution in [0.4, 0.5) is 5.95 Å². The second-order valence-electron chi connectivity index (χ2n) is 10.2. The van der Waals surface area contributed by atoms with Crippen molar-refractivity contribution in [1.82, 2.24) is 14.8 Å². The summed E-state index contributed by atoms with van der Waals surface area (Å²) in [5, 5.41) is 10.6. The van der Waals surface area contributed by atoms with E-state index < -0.39 is 6.04 Å². The monoisotopic (exact) mass is 480 g/mol. The van der Waals surface area contributed by atoms with Crippen LogP contribution in [0, 0.1) is 5.41 Å². The molecule has 0 saturated carbocycles. The Hall–Kier alpha value is -4.13. The summed E-state index contributed by atoms with van der Waals surface area (Å²) >= 11 is 0. The number of hydrogen-bond donors (Lipinski definition) is 1. The molecule has 182 valence electrons. The molecule has 0 saturated heterocycles. The SMILES string of the molecule is COc1ccc(OC)c(C2C3=C(CC(C)(C)CC3=O)Nc3nc(-c4cccc5ccccc45)nn32)c1. The number of carbonyl (C=O) groups is 1. The first-order chi connectivity index (χ1) is 17.4. The number of allylic oxidation sites excluding steroid dienone is 2. The minimum absolute atomic E-state index is 0.108. The third-order valence-electron chi connectivity index (χ3n) is 7.09. The summed E-state index contributed by atoms with van der Waals surface area (Å²) in [6, 6.07) is 19.5. The summed E-state index contributed by atoms with van der Waals surface area (Å²) in [5.74, 6) is 2.67. The van der Waals surface area contributed by atoms with Crippen LogP contribution in [0.15, 0.2) is 71.9 Å². The van der Waals surface area contributed by atoms with Gasteiger partial charge in [0, 0.05) is 28.8 Å². The number of nitrogens with one attached hydrogen (secondary N) is 1. The Balaban J connectivity index is 1.59. The minimum atomic E-state index is -0.485. The second kappa shape index (κ2) is 8.22. The highest BCUT2D eigenvalue weighted by molar-refractivity contribution is 6.00. The van der Waals surface area contributed by atoms with E-state index in [0.29, 0.717) is 35.3 Å². The molecular weight excluding hydrogens is 452 g/mol. The highest BCUT2D eigenvalue weighted by atomic mass is 16.5. The molecule has 0 spiro atoms. The summed E-state index contributed by atoms with van der Waals surface area (Å²) in [7, 11) is 3.27. The number of carbonyl (C=O) groups excluding carboxylic acids is 1. The van der Waals surface area contributed by atoms with E-state index in [1.54, 1.807) is 14.2 Å². The van der Waals surface area contributed by atoms with Gasteiger partial charge in [0.05, 0.1) is 14.2 Å². The maximum atomic E-state index is 13.6. The lowest BCUT2D eigenvalue weighted by Gasteiger charge is -2.38. The molecule has 1 aliphatic heterocycles. The van der Waals surface area contributed by atoms with Gasteiger partial charge in [0.1, 0.15) is 17.5 Å². The van der Waals surface area contributed by atoms with Crippen LogP contribution in [0.3, 0.4) is 0 Å². The Morgan fingerprint density at radius 3 is 2.61 bits per heavy atom. The van der Waals surface area contributed by atoms with Crippen molar-refractivity contribution in [2.45, 2.75) is 32.7 Å². The lowest BCUT2D eigenvalue weighted by molar-refractivity contribution is -0.118. The zero-order valence-electron chi connectivity index (χ0n) is 20.8. The van der Waals surface area contributed by atoms with Crippen LogP contribution in [0.5, 0.6) is 11.5 Å². The summed E-state index contributed by atoms with van der Waals surface area (Å²) in [6.07, 6.45) is 1.21. The molecule has 2 aliphatic rings. The Labute approximate surface area is 209 Å². The van der Waals surface area contributed by atoms with Crippen molar-refractivity contribution >= 4 is 22.5 Å². The summed E-state index contributed by atoms with van der Waals surface area (Å²) in [4.78, 5) is 18.5. The molecule has 7 heteroatoms. The Kier molecular flexibility index (Phi) is 5.10. The van der Waals surface area contributed by atoms with Crippen LogP contribution < -0.4 is 14.8 Å². The predicted octanol–water partition coefficient (Wildman–Crippen LogP) is 5.77. The van der Waals surface area contributed by atoms with Gasteiger partial charge in [-0.15, -0.1) is 5.10 Å². The van der Waals surface area contributed by atoms with Gasteiger partial charge in [0.2, 0.25) is 5.95 Å². The average Bonchev–Trinajstić information content (AvgIpc) is 3.29. The van der Waals surface area contributed by atoms with Gasteiger partial charge in [0.25, 0.3) is 0 Å². The molecule has 2 heterocycles. The molecule has 0 radical (unpaired) electrons. The van der Waals surface area contributed by atoms with Crippen LogP contribution in [0.2, 0.25) is 0 Å². The highest BCUT2D eigenvalue weighted by Crippen LogP contribution is 2.48. The first-order valence-electron chi connectivity index (χ1n) is 12.1. The van der Waals surface area contributed by atoms with Crippen LogP contribution in [-0.2, 0) is 4.79 Å². The molecule has 4 aromatic rings. The fourth-order valence-electron chi connectivity index (χ4n) is 5.48. The maximum absolute atomic E-state index is 13.6. The van der Waals surface area contributed by atoms with E-state index in [1.807, 2.05) is 47.1 Å². The summed E-state index contributed by atoms with van der Waals surface area (Å²) in [5.41, 5.74) is 3.22. The number of ether oxygens (including phenoxy) is 2. The fourth-order valence-corrected chi connectivity index (χ4v) is 5.48. The summed E-state index contributed by atoms with van der Waals surface area (Å²) < 4.78 is 13.1. The van der Waals surface area contributed by atoms with Crippen LogP contribution >= 0.6 is 0 Å². The second-order valence-corrected chi connectivity index (χ2v) is 10.2. The van der Waals surface area contributed by atoms with Crippen LogP contribution in [-0.4, -0.2) is 34.8 Å². The average molecular weight is 481 g/mol. The number of methoxy groups -OCH3 is 2. The third-order valence-corrected chi connectivity index (χ3v) is 7.09. The number of anilines is 1. The number of benzene rings is 3. The van der Waals surface area contributed by atoms with E-state index in [0.717, 1.165) is 34.0 Å². The molecule has 1 aromatic heterocycles. The lowest BCUT2D eigenvalue weighted by Crippen LogP contribution is -2.36. The Morgan fingerprint density at radius 1 is 1.00 bits per heavy atom. The lowest BCUT2D eigenvalue weighted by atomic mass is 9.73. The number of Topliss-reactive ketones (excluding diaryl/α,β-unsaturated/α-hetero) is 1. The van der Waals surface area contributed by atoms with Crippen molar-refractivity contribution in [2.75, 3.05) is 19.5 Å². The highest BCUT2D eigenvalue weighted by Gasteiger charge is 2.43. The quantitative estimate of drug-likeness (QED) is 0.399. The fraction of sp³-hybridized carbons (Fsp3) is 0.276. The number of fused-ring (bicyclic) bond motifs is 2. The standard InChI is InChI=1S/C29H28N4O3/c1-29(2)15-22-25(23(34)16-29)26(21-14-18(35-3)12-13-24(21)36-4)33-28(30-22)31-27(32-33)20-11-7-9-17-8-5-6-10-19(17)20/h5-14,26H,15-16H2,1-4H3,(H,30,31,32). The van der Waals surface area contributed by atoms with Crippen molar-refractivity contribution in [2.24, 2.45) is 5.41 Å². The van der Waals surface area contributed by atoms with Crippen LogP contribution in [0.25, 0.3) is 22.2 Å². The first-order valence-corrected chi connectivity index (χ1v) is 12.1. The topological polar surface area (TPSA) is 78.3 Å². The molecule has 1 aliphatic carbocycles. The zero-order chi connectivity index (χ0) is 25.0. The smallest absolute Gasteiger partial charge is 0.226 e. The van der Waals surface area contributed by atoms with Crippen LogP contribution in [0.1, 0.15) is 38.3 Å². The maximum Gasteiger partial charge on any atom is 0.226 e. The van der Waals surface area contributed by atoms with E-state index in [1.165, 1.54) is 0 Å². The molecule has 7 nitrogen and oxygen atoms in total. The van der Waals surface area contributed by atoms with Gasteiger partial charge in [-0.1, -0.05) is 56.3 Å². The molecular formula is C29H28N4O3. The minimum Gasteiger partial charge on any atom is -0.497 e. The molecule has 1 N–H and O–H groups in total. The number of aromatic nitrogens is 3. The van der Waals surface area contributed by atoms with Gasteiger partial charge in [-0.25, -0.2) is 4.68 Å². The van der Waals surface area contributed by atoms with Crippen molar-refractivity contribution in [3.63, 3.8) is 0 Å². The van der Waals surface area contributed by atoms with Crippen molar-refractivity contribution < 1.29 is 14.3 Å². The largest absolute Gasteiger partial charge is 0.497 e. The Bertz CT molecular complexity index is 1540. The molecule has 36 heavy (non-hydrogen) atoms. The molecule has 3 aromatic carbocycles. The number of ketones is 1. The number of nitrogens with zero attached hydrogens (tertiary/aromatic N) is 3. The van der Waals surface area contributed by atoms with Gasteiger partial charge in [0.15, 0.2) is 11.6 Å². The van der Waals surface area contributed by atoms with E-state index >= 15 is 0 Å². The first kappa shape index (κ1) is 22.3. The number of hydrogen-bond acceptors (Lipinski definition) is 6. The zero-order valence-corrected chi connectivity index (χ0v) is 20.8. The van der Waals surface area contributed by atoms with E-state index in [-0.39, 0.29) is 11.2 Å². The van der Waals surface area contributed by atoms with Crippen molar-refractivity contribution in [3.05, 3.63) is 77.5 Å². The van der Waals surface area contributed by atoms with Gasteiger partial charge in [-0.3, -0.25) is 4.79 Å². The van der Waals surface area contributed by atoms with Gasteiger partial charge < -0.3 is 14.8 Å². The van der Waals surface area contributed by atoms with E-state index in [9.17, 15) is 4.79 Å². The molecule has 0 bridgehead atoms.